The molecule has 0 radical (unpaired) electrons. The van der Waals surface area contributed by atoms with Gasteiger partial charge in [-0.15, -0.1) is 0 Å². The number of hydrogen-bond acceptors (Lipinski definition) is 1. The summed E-state index contributed by atoms with van der Waals surface area (Å²) in [5.74, 6) is 1.04. The third-order valence-corrected chi connectivity index (χ3v) is 2.84. The van der Waals surface area contributed by atoms with Crippen LogP contribution in [0.2, 0.25) is 0 Å². The predicted octanol–water partition coefficient (Wildman–Crippen LogP) is 3.81. The van der Waals surface area contributed by atoms with Gasteiger partial charge in [-0.3, -0.25) is 5.10 Å². The number of nitrogens with zero attached hydrogens (tertiary/aromatic N) is 1. The van der Waals surface area contributed by atoms with Crippen LogP contribution in [0.5, 0.6) is 0 Å². The monoisotopic (exact) mass is 202 g/mol. The normalized spacial score (nSPS) is 11.9. The second-order valence-corrected chi connectivity index (χ2v) is 4.69. The quantitative estimate of drug-likeness (QED) is 0.788. The van der Waals surface area contributed by atoms with E-state index in [2.05, 4.69) is 56.1 Å². The molecule has 0 atom stereocenters. The van der Waals surface area contributed by atoms with Crippen LogP contribution in [0.25, 0.3) is 10.9 Å². The maximum Gasteiger partial charge on any atom is 0.0926 e. The van der Waals surface area contributed by atoms with Gasteiger partial charge in [0, 0.05) is 11.1 Å². The summed E-state index contributed by atoms with van der Waals surface area (Å²) >= 11 is 0. The molecule has 0 fully saturated rings. The third-order valence-electron chi connectivity index (χ3n) is 2.84. The fourth-order valence-corrected chi connectivity index (χ4v) is 2.02. The van der Waals surface area contributed by atoms with Gasteiger partial charge in [-0.05, 0) is 23.5 Å². The Labute approximate surface area is 90.7 Å². The molecular weight excluding hydrogens is 184 g/mol. The molecule has 0 saturated carbocycles. The molecule has 2 nitrogen and oxygen atoms in total. The Morgan fingerprint density at radius 1 is 1.07 bits per heavy atom. The number of H-pyrrole nitrogens is 1. The van der Waals surface area contributed by atoms with E-state index in [0.29, 0.717) is 11.8 Å². The molecule has 2 heteroatoms. The van der Waals surface area contributed by atoms with Crippen molar-refractivity contribution in [3.63, 3.8) is 0 Å². The molecule has 0 aliphatic heterocycles. The zero-order chi connectivity index (χ0) is 11.0. The zero-order valence-corrected chi connectivity index (χ0v) is 9.83. The third kappa shape index (κ3) is 1.65. The fourth-order valence-electron chi connectivity index (χ4n) is 2.02. The van der Waals surface area contributed by atoms with Gasteiger partial charge in [0.1, 0.15) is 0 Å². The lowest BCUT2D eigenvalue weighted by Gasteiger charge is -2.09. The van der Waals surface area contributed by atoms with Gasteiger partial charge in [0.05, 0.1) is 5.52 Å². The van der Waals surface area contributed by atoms with Crippen LogP contribution in [0.1, 0.15) is 50.8 Å². The maximum atomic E-state index is 4.36. The molecule has 0 spiro atoms. The van der Waals surface area contributed by atoms with Gasteiger partial charge < -0.3 is 0 Å². The molecule has 1 N–H and O–H groups in total. The van der Waals surface area contributed by atoms with Gasteiger partial charge in [0.25, 0.3) is 0 Å². The molecule has 80 valence electrons. The minimum Gasteiger partial charge on any atom is -0.281 e. The van der Waals surface area contributed by atoms with Gasteiger partial charge in [0.2, 0.25) is 0 Å². The van der Waals surface area contributed by atoms with Gasteiger partial charge >= 0.3 is 0 Å². The molecule has 0 aliphatic rings. The van der Waals surface area contributed by atoms with Crippen LogP contribution in [0.3, 0.4) is 0 Å². The Morgan fingerprint density at radius 3 is 2.40 bits per heavy atom. The average Bonchev–Trinajstić information content (AvgIpc) is 2.60. The summed E-state index contributed by atoms with van der Waals surface area (Å²) in [4.78, 5) is 0. The summed E-state index contributed by atoms with van der Waals surface area (Å²) in [6, 6.07) is 6.36. The molecule has 0 bridgehead atoms. The van der Waals surface area contributed by atoms with E-state index in [9.17, 15) is 0 Å². The summed E-state index contributed by atoms with van der Waals surface area (Å²) in [7, 11) is 0. The number of hydrogen-bond donors (Lipinski definition) is 1. The lowest BCUT2D eigenvalue weighted by Crippen LogP contribution is -1.93. The first-order chi connectivity index (χ1) is 7.11. The Hall–Kier alpha value is -1.31. The SMILES string of the molecule is CC(C)c1cccc2n[nH]c(C(C)C)c12. The lowest BCUT2D eigenvalue weighted by molar-refractivity contribution is 0.812. The van der Waals surface area contributed by atoms with Crippen LogP contribution in [0.4, 0.5) is 0 Å². The van der Waals surface area contributed by atoms with E-state index in [0.717, 1.165) is 5.52 Å². The van der Waals surface area contributed by atoms with E-state index < -0.39 is 0 Å². The van der Waals surface area contributed by atoms with Crippen molar-refractivity contribution in [1.82, 2.24) is 10.2 Å². The number of benzene rings is 1. The number of aromatic nitrogens is 2. The minimum absolute atomic E-state index is 0.495. The molecular formula is C13H18N2. The average molecular weight is 202 g/mol. The summed E-state index contributed by atoms with van der Waals surface area (Å²) in [6.45, 7) is 8.85. The molecule has 1 heterocycles. The van der Waals surface area contributed by atoms with E-state index >= 15 is 0 Å². The van der Waals surface area contributed by atoms with Crippen molar-refractivity contribution in [3.8, 4) is 0 Å². The highest BCUT2D eigenvalue weighted by Crippen LogP contribution is 2.30. The Morgan fingerprint density at radius 2 is 1.80 bits per heavy atom. The van der Waals surface area contributed by atoms with Crippen molar-refractivity contribution >= 4 is 10.9 Å². The van der Waals surface area contributed by atoms with Crippen LogP contribution < -0.4 is 0 Å². The molecule has 15 heavy (non-hydrogen) atoms. The van der Waals surface area contributed by atoms with Gasteiger partial charge in [0.15, 0.2) is 0 Å². The van der Waals surface area contributed by atoms with Crippen molar-refractivity contribution in [2.24, 2.45) is 0 Å². The summed E-state index contributed by atoms with van der Waals surface area (Å²) < 4.78 is 0. The number of fused-ring (bicyclic) bond motifs is 1. The second-order valence-electron chi connectivity index (χ2n) is 4.69. The Bertz CT molecular complexity index is 466. The van der Waals surface area contributed by atoms with Crippen LogP contribution in [0.15, 0.2) is 18.2 Å². The summed E-state index contributed by atoms with van der Waals surface area (Å²) in [6.07, 6.45) is 0. The molecule has 2 aromatic rings. The molecule has 1 aromatic carbocycles. The van der Waals surface area contributed by atoms with Crippen molar-refractivity contribution in [2.45, 2.75) is 39.5 Å². The predicted molar refractivity (Wildman–Crippen MR) is 64.3 cm³/mol. The standard InChI is InChI=1S/C13H18N2/c1-8(2)10-6-5-7-11-12(10)13(9(3)4)15-14-11/h5-9H,1-4H3,(H,14,15). The van der Waals surface area contributed by atoms with Crippen LogP contribution in [-0.2, 0) is 0 Å². The molecule has 0 unspecified atom stereocenters. The Balaban J connectivity index is 2.75. The van der Waals surface area contributed by atoms with E-state index in [1.54, 1.807) is 0 Å². The number of aromatic amines is 1. The fraction of sp³-hybridized carbons (Fsp3) is 0.462. The smallest absolute Gasteiger partial charge is 0.0926 e. The number of rotatable bonds is 2. The van der Waals surface area contributed by atoms with E-state index in [1.165, 1.54) is 16.6 Å². The van der Waals surface area contributed by atoms with E-state index in [-0.39, 0.29) is 0 Å². The van der Waals surface area contributed by atoms with Crippen molar-refractivity contribution in [3.05, 3.63) is 29.5 Å². The van der Waals surface area contributed by atoms with Crippen LogP contribution >= 0.6 is 0 Å². The highest BCUT2D eigenvalue weighted by Gasteiger charge is 2.13. The van der Waals surface area contributed by atoms with Gasteiger partial charge in [-0.1, -0.05) is 39.8 Å². The summed E-state index contributed by atoms with van der Waals surface area (Å²) in [5, 5.41) is 8.84. The maximum absolute atomic E-state index is 4.36. The molecule has 0 aliphatic carbocycles. The lowest BCUT2D eigenvalue weighted by atomic mass is 9.95. The number of nitrogens with one attached hydrogen (secondary N) is 1. The zero-order valence-electron chi connectivity index (χ0n) is 9.83. The van der Waals surface area contributed by atoms with E-state index in [4.69, 9.17) is 0 Å². The highest BCUT2D eigenvalue weighted by molar-refractivity contribution is 5.85. The Kier molecular flexibility index (Phi) is 2.51. The van der Waals surface area contributed by atoms with Crippen molar-refractivity contribution < 1.29 is 0 Å². The van der Waals surface area contributed by atoms with Crippen LogP contribution in [0, 0.1) is 0 Å². The first kappa shape index (κ1) is 10.2. The molecule has 1 aromatic heterocycles. The van der Waals surface area contributed by atoms with Gasteiger partial charge in [-0.25, -0.2) is 0 Å². The second kappa shape index (κ2) is 3.69. The highest BCUT2D eigenvalue weighted by atomic mass is 15.1. The first-order valence-corrected chi connectivity index (χ1v) is 5.58. The molecule has 0 saturated heterocycles. The van der Waals surface area contributed by atoms with Crippen molar-refractivity contribution in [2.75, 3.05) is 0 Å². The topological polar surface area (TPSA) is 28.7 Å². The van der Waals surface area contributed by atoms with E-state index in [1.807, 2.05) is 0 Å². The molecule has 2 rings (SSSR count). The van der Waals surface area contributed by atoms with Gasteiger partial charge in [-0.2, -0.15) is 5.10 Å². The molecule has 0 amide bonds. The van der Waals surface area contributed by atoms with Crippen LogP contribution in [-0.4, -0.2) is 10.2 Å². The minimum atomic E-state index is 0.495. The summed E-state index contributed by atoms with van der Waals surface area (Å²) in [5.41, 5.74) is 3.74. The first-order valence-electron chi connectivity index (χ1n) is 5.58. The van der Waals surface area contributed by atoms with Crippen molar-refractivity contribution in [1.29, 1.82) is 0 Å². The largest absolute Gasteiger partial charge is 0.281 e.